The van der Waals surface area contributed by atoms with Gasteiger partial charge in [0.05, 0.1) is 13.7 Å². The molecule has 0 fully saturated rings. The van der Waals surface area contributed by atoms with Gasteiger partial charge in [0, 0.05) is 11.3 Å². The molecule has 1 aliphatic rings. The highest BCUT2D eigenvalue weighted by molar-refractivity contribution is 5.88. The average molecular weight is 291 g/mol. The first-order chi connectivity index (χ1) is 10.8. The zero-order valence-electron chi connectivity index (χ0n) is 12.5. The number of methoxy groups -OCH3 is 1. The van der Waals surface area contributed by atoms with Crippen LogP contribution in [0.3, 0.4) is 0 Å². The zero-order valence-corrected chi connectivity index (χ0v) is 12.5. The Morgan fingerprint density at radius 3 is 2.59 bits per heavy atom. The van der Waals surface area contributed by atoms with Crippen LogP contribution in [0.5, 0.6) is 11.5 Å². The van der Waals surface area contributed by atoms with Crippen LogP contribution in [-0.2, 0) is 6.54 Å². The van der Waals surface area contributed by atoms with E-state index >= 15 is 0 Å². The number of benzene rings is 3. The fourth-order valence-electron chi connectivity index (χ4n) is 2.96. The van der Waals surface area contributed by atoms with E-state index in [0.29, 0.717) is 6.73 Å². The van der Waals surface area contributed by atoms with Crippen molar-refractivity contribution in [2.75, 3.05) is 18.7 Å². The number of hydrogen-bond acceptors (Lipinski definition) is 3. The SMILES string of the molecule is COc1ccc(N2COc3ccc4ccccc4c3C2)cc1. The molecule has 0 atom stereocenters. The Morgan fingerprint density at radius 2 is 1.77 bits per heavy atom. The summed E-state index contributed by atoms with van der Waals surface area (Å²) in [4.78, 5) is 2.23. The van der Waals surface area contributed by atoms with E-state index in [1.165, 1.54) is 16.3 Å². The van der Waals surface area contributed by atoms with Crippen molar-refractivity contribution in [2.45, 2.75) is 6.54 Å². The molecule has 0 saturated carbocycles. The maximum Gasteiger partial charge on any atom is 0.161 e. The first kappa shape index (κ1) is 13.0. The van der Waals surface area contributed by atoms with Gasteiger partial charge in [0.25, 0.3) is 0 Å². The summed E-state index contributed by atoms with van der Waals surface area (Å²) in [5, 5.41) is 2.51. The molecular formula is C19H17NO2. The van der Waals surface area contributed by atoms with Crippen LogP contribution >= 0.6 is 0 Å². The third kappa shape index (κ3) is 2.15. The number of anilines is 1. The van der Waals surface area contributed by atoms with E-state index in [4.69, 9.17) is 9.47 Å². The zero-order chi connectivity index (χ0) is 14.9. The van der Waals surface area contributed by atoms with E-state index in [9.17, 15) is 0 Å². The first-order valence-electron chi connectivity index (χ1n) is 7.37. The minimum Gasteiger partial charge on any atom is -0.497 e. The van der Waals surface area contributed by atoms with Crippen LogP contribution in [-0.4, -0.2) is 13.8 Å². The number of fused-ring (bicyclic) bond motifs is 3. The maximum atomic E-state index is 5.95. The second-order valence-electron chi connectivity index (χ2n) is 5.43. The van der Waals surface area contributed by atoms with E-state index in [0.717, 1.165) is 23.7 Å². The van der Waals surface area contributed by atoms with Crippen LogP contribution in [0.2, 0.25) is 0 Å². The van der Waals surface area contributed by atoms with Crippen LogP contribution in [0, 0.1) is 0 Å². The van der Waals surface area contributed by atoms with Crippen molar-refractivity contribution in [1.82, 2.24) is 0 Å². The molecule has 22 heavy (non-hydrogen) atoms. The van der Waals surface area contributed by atoms with Gasteiger partial charge in [-0.2, -0.15) is 0 Å². The Bertz CT molecular complexity index is 811. The minimum absolute atomic E-state index is 0.567. The molecule has 110 valence electrons. The monoisotopic (exact) mass is 291 g/mol. The molecule has 3 aromatic rings. The highest BCUT2D eigenvalue weighted by Gasteiger charge is 2.19. The molecule has 0 spiro atoms. The van der Waals surface area contributed by atoms with Crippen LogP contribution in [0.4, 0.5) is 5.69 Å². The van der Waals surface area contributed by atoms with Gasteiger partial charge < -0.3 is 14.4 Å². The summed E-state index contributed by atoms with van der Waals surface area (Å²) in [7, 11) is 1.68. The lowest BCUT2D eigenvalue weighted by molar-refractivity contribution is 0.290. The summed E-state index contributed by atoms with van der Waals surface area (Å²) in [5.74, 6) is 1.86. The van der Waals surface area contributed by atoms with E-state index in [2.05, 4.69) is 53.4 Å². The molecule has 0 unspecified atom stereocenters. The third-order valence-electron chi connectivity index (χ3n) is 4.16. The highest BCUT2D eigenvalue weighted by atomic mass is 16.5. The Hall–Kier alpha value is -2.68. The molecule has 3 aromatic carbocycles. The third-order valence-corrected chi connectivity index (χ3v) is 4.16. The van der Waals surface area contributed by atoms with Crippen molar-refractivity contribution in [3.63, 3.8) is 0 Å². The van der Waals surface area contributed by atoms with Crippen molar-refractivity contribution < 1.29 is 9.47 Å². The summed E-state index contributed by atoms with van der Waals surface area (Å²) >= 11 is 0. The molecule has 1 aliphatic heterocycles. The lowest BCUT2D eigenvalue weighted by Gasteiger charge is -2.31. The summed E-state index contributed by atoms with van der Waals surface area (Å²) < 4.78 is 11.2. The number of hydrogen-bond donors (Lipinski definition) is 0. The summed E-state index contributed by atoms with van der Waals surface area (Å²) in [6, 6.07) is 20.7. The Labute approximate surface area is 129 Å². The molecule has 0 radical (unpaired) electrons. The van der Waals surface area contributed by atoms with Crippen molar-refractivity contribution in [3.8, 4) is 11.5 Å². The van der Waals surface area contributed by atoms with Gasteiger partial charge in [-0.05, 0) is 41.1 Å². The second-order valence-corrected chi connectivity index (χ2v) is 5.43. The van der Waals surface area contributed by atoms with E-state index in [1.807, 2.05) is 12.1 Å². The largest absolute Gasteiger partial charge is 0.497 e. The van der Waals surface area contributed by atoms with E-state index in [-0.39, 0.29) is 0 Å². The van der Waals surface area contributed by atoms with Gasteiger partial charge >= 0.3 is 0 Å². The lowest BCUT2D eigenvalue weighted by Crippen LogP contribution is -2.31. The molecule has 1 heterocycles. The van der Waals surface area contributed by atoms with E-state index < -0.39 is 0 Å². The summed E-state index contributed by atoms with van der Waals surface area (Å²) in [5.41, 5.74) is 2.39. The summed E-state index contributed by atoms with van der Waals surface area (Å²) in [6.07, 6.45) is 0. The normalized spacial score (nSPS) is 13.6. The average Bonchev–Trinajstić information content (AvgIpc) is 2.61. The van der Waals surface area contributed by atoms with Crippen molar-refractivity contribution >= 4 is 16.5 Å². The van der Waals surface area contributed by atoms with Crippen LogP contribution in [0.1, 0.15) is 5.56 Å². The van der Waals surface area contributed by atoms with Gasteiger partial charge in [0.1, 0.15) is 11.5 Å². The van der Waals surface area contributed by atoms with Crippen LogP contribution < -0.4 is 14.4 Å². The Morgan fingerprint density at radius 1 is 0.955 bits per heavy atom. The van der Waals surface area contributed by atoms with Crippen molar-refractivity contribution in [2.24, 2.45) is 0 Å². The van der Waals surface area contributed by atoms with E-state index in [1.54, 1.807) is 7.11 Å². The van der Waals surface area contributed by atoms with Gasteiger partial charge in [0.15, 0.2) is 6.73 Å². The Kier molecular flexibility index (Phi) is 3.11. The minimum atomic E-state index is 0.567. The van der Waals surface area contributed by atoms with Crippen LogP contribution in [0.25, 0.3) is 10.8 Å². The predicted octanol–water partition coefficient (Wildman–Crippen LogP) is 4.20. The second kappa shape index (κ2) is 5.26. The molecule has 0 saturated heterocycles. The summed E-state index contributed by atoms with van der Waals surface area (Å²) in [6.45, 7) is 1.42. The Balaban J connectivity index is 1.71. The van der Waals surface area contributed by atoms with Crippen molar-refractivity contribution in [3.05, 3.63) is 66.2 Å². The van der Waals surface area contributed by atoms with Gasteiger partial charge in [-0.15, -0.1) is 0 Å². The number of ether oxygens (including phenoxy) is 2. The predicted molar refractivity (Wildman–Crippen MR) is 88.6 cm³/mol. The molecule has 0 aliphatic carbocycles. The smallest absolute Gasteiger partial charge is 0.161 e. The quantitative estimate of drug-likeness (QED) is 0.706. The molecule has 0 bridgehead atoms. The van der Waals surface area contributed by atoms with Gasteiger partial charge in [-0.25, -0.2) is 0 Å². The lowest BCUT2D eigenvalue weighted by atomic mass is 10.0. The fraction of sp³-hybridized carbons (Fsp3) is 0.158. The molecule has 3 heteroatoms. The number of rotatable bonds is 2. The van der Waals surface area contributed by atoms with Gasteiger partial charge in [0.2, 0.25) is 0 Å². The standard InChI is InChI=1S/C19H17NO2/c1-21-16-9-7-15(8-10-16)20-12-18-17-5-3-2-4-14(17)6-11-19(18)22-13-20/h2-11H,12-13H2,1H3. The number of nitrogens with zero attached hydrogens (tertiary/aromatic N) is 1. The topological polar surface area (TPSA) is 21.7 Å². The highest BCUT2D eigenvalue weighted by Crippen LogP contribution is 2.34. The van der Waals surface area contributed by atoms with Crippen molar-refractivity contribution in [1.29, 1.82) is 0 Å². The van der Waals surface area contributed by atoms with Crippen LogP contribution in [0.15, 0.2) is 60.7 Å². The molecule has 0 amide bonds. The molecule has 4 rings (SSSR count). The maximum absolute atomic E-state index is 5.95. The molecule has 0 N–H and O–H groups in total. The first-order valence-corrected chi connectivity index (χ1v) is 7.37. The molecule has 0 aromatic heterocycles. The van der Waals surface area contributed by atoms with Gasteiger partial charge in [-0.1, -0.05) is 30.3 Å². The fourth-order valence-corrected chi connectivity index (χ4v) is 2.96. The molecular weight excluding hydrogens is 274 g/mol. The molecule has 3 nitrogen and oxygen atoms in total. The van der Waals surface area contributed by atoms with Gasteiger partial charge in [-0.3, -0.25) is 0 Å².